The largest absolute Gasteiger partial charge is 0.364 e. The number of aryl methyl sites for hydroxylation is 1. The zero-order valence-electron chi connectivity index (χ0n) is 9.97. The van der Waals surface area contributed by atoms with E-state index in [0.717, 1.165) is 16.9 Å². The maximum Gasteiger partial charge on any atom is 0.346 e. The molecule has 1 aliphatic heterocycles. The molecule has 17 heavy (non-hydrogen) atoms. The monoisotopic (exact) mass is 256 g/mol. The summed E-state index contributed by atoms with van der Waals surface area (Å²) in [6.45, 7) is 0.743. The molecule has 0 bridgehead atoms. The van der Waals surface area contributed by atoms with Crippen molar-refractivity contribution in [3.05, 3.63) is 20.8 Å². The van der Waals surface area contributed by atoms with Crippen molar-refractivity contribution in [3.8, 4) is 0 Å². The van der Waals surface area contributed by atoms with Crippen LogP contribution < -0.4 is 16.6 Å². The second-order valence-electron chi connectivity index (χ2n) is 4.23. The van der Waals surface area contributed by atoms with E-state index in [2.05, 4.69) is 10.4 Å². The van der Waals surface area contributed by atoms with Crippen LogP contribution in [-0.4, -0.2) is 32.4 Å². The predicted octanol–water partition coefficient (Wildman–Crippen LogP) is -0.356. The Labute approximate surface area is 103 Å². The normalized spacial score (nSPS) is 19.5. The van der Waals surface area contributed by atoms with E-state index in [0.29, 0.717) is 5.92 Å². The van der Waals surface area contributed by atoms with Gasteiger partial charge in [-0.1, -0.05) is 0 Å². The first kappa shape index (κ1) is 12.2. The number of hydrogen-bond donors (Lipinski definition) is 1. The first-order chi connectivity index (χ1) is 8.09. The van der Waals surface area contributed by atoms with Crippen molar-refractivity contribution < 1.29 is 0 Å². The molecule has 0 radical (unpaired) electrons. The van der Waals surface area contributed by atoms with Crippen LogP contribution in [0.2, 0.25) is 0 Å². The fourth-order valence-electron chi connectivity index (χ4n) is 1.79. The Morgan fingerprint density at radius 3 is 2.88 bits per heavy atom. The highest BCUT2D eigenvalue weighted by Gasteiger charge is 2.16. The average Bonchev–Trinajstić information content (AvgIpc) is 2.82. The van der Waals surface area contributed by atoms with E-state index in [4.69, 9.17) is 0 Å². The molecule has 1 atom stereocenters. The molecule has 1 aromatic rings. The molecule has 0 saturated carbocycles. The molecule has 1 unspecified atom stereocenters. The van der Waals surface area contributed by atoms with Crippen LogP contribution in [0.25, 0.3) is 0 Å². The molecule has 7 heteroatoms. The lowest BCUT2D eigenvalue weighted by Gasteiger charge is -2.11. The van der Waals surface area contributed by atoms with Gasteiger partial charge < -0.3 is 5.32 Å². The first-order valence-corrected chi connectivity index (χ1v) is 6.71. The van der Waals surface area contributed by atoms with Crippen LogP contribution in [0.4, 0.5) is 5.82 Å². The molecule has 2 heterocycles. The van der Waals surface area contributed by atoms with Crippen molar-refractivity contribution in [1.29, 1.82) is 0 Å². The van der Waals surface area contributed by atoms with Crippen LogP contribution in [0, 0.1) is 5.92 Å². The van der Waals surface area contributed by atoms with Gasteiger partial charge in [0.1, 0.15) is 0 Å². The third kappa shape index (κ3) is 2.54. The maximum atomic E-state index is 11.8. The van der Waals surface area contributed by atoms with Crippen molar-refractivity contribution in [3.63, 3.8) is 0 Å². The third-order valence-corrected chi connectivity index (χ3v) is 4.13. The van der Waals surface area contributed by atoms with Crippen LogP contribution in [-0.2, 0) is 14.1 Å². The zero-order chi connectivity index (χ0) is 12.4. The van der Waals surface area contributed by atoms with Crippen LogP contribution in [0.1, 0.15) is 6.42 Å². The molecule has 0 spiro atoms. The zero-order valence-corrected chi connectivity index (χ0v) is 10.8. The van der Waals surface area contributed by atoms with Gasteiger partial charge in [0, 0.05) is 20.6 Å². The van der Waals surface area contributed by atoms with Crippen molar-refractivity contribution >= 4 is 17.6 Å². The highest BCUT2D eigenvalue weighted by Crippen LogP contribution is 2.22. The Bertz CT molecular complexity index is 516. The smallest absolute Gasteiger partial charge is 0.346 e. The van der Waals surface area contributed by atoms with Gasteiger partial charge in [-0.3, -0.25) is 9.36 Å². The van der Waals surface area contributed by atoms with Gasteiger partial charge in [-0.25, -0.2) is 9.48 Å². The number of rotatable bonds is 3. The van der Waals surface area contributed by atoms with Crippen LogP contribution in [0.5, 0.6) is 0 Å². The molecule has 0 amide bonds. The van der Waals surface area contributed by atoms with E-state index < -0.39 is 5.69 Å². The number of anilines is 1. The minimum atomic E-state index is -0.406. The number of nitrogens with one attached hydrogen (secondary N) is 1. The molecule has 1 fully saturated rings. The van der Waals surface area contributed by atoms with Gasteiger partial charge in [0.2, 0.25) is 5.82 Å². The predicted molar refractivity (Wildman–Crippen MR) is 68.6 cm³/mol. The van der Waals surface area contributed by atoms with E-state index in [1.54, 1.807) is 7.05 Å². The molecule has 0 aromatic carbocycles. The number of aromatic nitrogens is 3. The summed E-state index contributed by atoms with van der Waals surface area (Å²) in [5.74, 6) is 3.15. The van der Waals surface area contributed by atoms with E-state index in [1.165, 1.54) is 23.9 Å². The van der Waals surface area contributed by atoms with E-state index in [-0.39, 0.29) is 11.4 Å². The Hall–Kier alpha value is -1.24. The summed E-state index contributed by atoms with van der Waals surface area (Å²) in [5.41, 5.74) is -0.768. The molecule has 2 rings (SSSR count). The van der Waals surface area contributed by atoms with Gasteiger partial charge >= 0.3 is 5.69 Å². The van der Waals surface area contributed by atoms with Gasteiger partial charge in [0.25, 0.3) is 5.56 Å². The fourth-order valence-corrected chi connectivity index (χ4v) is 3.08. The Morgan fingerprint density at radius 2 is 2.24 bits per heavy atom. The summed E-state index contributed by atoms with van der Waals surface area (Å²) in [5, 5.41) is 6.99. The average molecular weight is 256 g/mol. The summed E-state index contributed by atoms with van der Waals surface area (Å²) in [7, 11) is 3.00. The lowest BCUT2D eigenvalue weighted by atomic mass is 10.1. The van der Waals surface area contributed by atoms with Crippen molar-refractivity contribution in [1.82, 2.24) is 14.3 Å². The van der Waals surface area contributed by atoms with Crippen molar-refractivity contribution in [2.45, 2.75) is 6.42 Å². The van der Waals surface area contributed by atoms with Gasteiger partial charge in [-0.2, -0.15) is 11.8 Å². The van der Waals surface area contributed by atoms with E-state index in [9.17, 15) is 9.59 Å². The quantitative estimate of drug-likeness (QED) is 0.800. The summed E-state index contributed by atoms with van der Waals surface area (Å²) < 4.78 is 2.24. The number of hydrogen-bond acceptors (Lipinski definition) is 5. The van der Waals surface area contributed by atoms with Crippen LogP contribution >= 0.6 is 11.8 Å². The lowest BCUT2D eigenvalue weighted by molar-refractivity contribution is 0.591. The van der Waals surface area contributed by atoms with E-state index in [1.807, 2.05) is 11.8 Å². The molecular formula is C10H16N4O2S. The summed E-state index contributed by atoms with van der Waals surface area (Å²) in [4.78, 5) is 23.2. The van der Waals surface area contributed by atoms with Crippen molar-refractivity contribution in [2.75, 3.05) is 23.4 Å². The van der Waals surface area contributed by atoms with Crippen LogP contribution in [0.15, 0.2) is 9.59 Å². The Morgan fingerprint density at radius 1 is 1.47 bits per heavy atom. The minimum absolute atomic E-state index is 0.256. The number of nitrogens with zero attached hydrogens (tertiary/aromatic N) is 3. The molecule has 1 aromatic heterocycles. The molecule has 1 N–H and O–H groups in total. The first-order valence-electron chi connectivity index (χ1n) is 5.55. The third-order valence-electron chi connectivity index (χ3n) is 2.90. The summed E-state index contributed by atoms with van der Waals surface area (Å²) in [6.07, 6.45) is 1.17. The Balaban J connectivity index is 2.15. The molecule has 0 aliphatic carbocycles. The summed E-state index contributed by atoms with van der Waals surface area (Å²) in [6, 6.07) is 0. The second kappa shape index (κ2) is 4.95. The van der Waals surface area contributed by atoms with Crippen LogP contribution in [0.3, 0.4) is 0 Å². The summed E-state index contributed by atoms with van der Waals surface area (Å²) >= 11 is 1.93. The molecule has 94 valence electrons. The highest BCUT2D eigenvalue weighted by atomic mass is 32.2. The second-order valence-corrected chi connectivity index (χ2v) is 5.38. The SMILES string of the molecule is Cn1nc(NCC2CCSC2)c(=O)n(C)c1=O. The standard InChI is InChI=1S/C10H16N4O2S/c1-13-9(15)8(12-14(2)10(13)16)11-5-7-3-4-17-6-7/h7H,3-6H2,1-2H3,(H,11,12). The maximum absolute atomic E-state index is 11.8. The number of thioether (sulfide) groups is 1. The van der Waals surface area contributed by atoms with Gasteiger partial charge in [0.05, 0.1) is 0 Å². The molecule has 1 aliphatic rings. The minimum Gasteiger partial charge on any atom is -0.364 e. The van der Waals surface area contributed by atoms with Crippen molar-refractivity contribution in [2.24, 2.45) is 20.0 Å². The topological polar surface area (TPSA) is 68.9 Å². The fraction of sp³-hybridized carbons (Fsp3) is 0.700. The van der Waals surface area contributed by atoms with E-state index >= 15 is 0 Å². The van der Waals surface area contributed by atoms with Gasteiger partial charge in [0.15, 0.2) is 0 Å². The van der Waals surface area contributed by atoms with Gasteiger partial charge in [-0.15, -0.1) is 5.10 Å². The lowest BCUT2D eigenvalue weighted by Crippen LogP contribution is -2.40. The Kier molecular flexibility index (Phi) is 3.56. The highest BCUT2D eigenvalue weighted by molar-refractivity contribution is 7.99. The molecule has 6 nitrogen and oxygen atoms in total. The molecule has 1 saturated heterocycles. The molecular weight excluding hydrogens is 240 g/mol. The van der Waals surface area contributed by atoms with Gasteiger partial charge in [-0.05, 0) is 23.8 Å².